The van der Waals surface area contributed by atoms with E-state index in [1.807, 2.05) is 31.2 Å². The second-order valence-corrected chi connectivity index (χ2v) is 7.68. The summed E-state index contributed by atoms with van der Waals surface area (Å²) >= 11 is 0. The van der Waals surface area contributed by atoms with Crippen LogP contribution in [0.4, 0.5) is 30.5 Å². The second kappa shape index (κ2) is 9.84. The van der Waals surface area contributed by atoms with Gasteiger partial charge in [-0.1, -0.05) is 24.3 Å². The zero-order valence-corrected chi connectivity index (χ0v) is 18.9. The van der Waals surface area contributed by atoms with Crippen LogP contribution in [0, 0.1) is 6.92 Å². The molecular weight excluding hydrogens is 457 g/mol. The lowest BCUT2D eigenvalue weighted by Crippen LogP contribution is -2.14. The highest BCUT2D eigenvalue weighted by molar-refractivity contribution is 6.04. The number of anilines is 3. The van der Waals surface area contributed by atoms with Gasteiger partial charge in [0.05, 0.1) is 18.4 Å². The third-order valence-corrected chi connectivity index (χ3v) is 5.22. The zero-order chi connectivity index (χ0) is 25.0. The number of rotatable bonds is 6. The van der Waals surface area contributed by atoms with Crippen LogP contribution < -0.4 is 15.4 Å². The molecule has 4 aromatic rings. The molecule has 9 heteroatoms. The van der Waals surface area contributed by atoms with Gasteiger partial charge in [0.25, 0.3) is 5.91 Å². The molecule has 0 aliphatic heterocycles. The van der Waals surface area contributed by atoms with E-state index in [1.54, 1.807) is 37.6 Å². The highest BCUT2D eigenvalue weighted by Crippen LogP contribution is 2.30. The highest BCUT2D eigenvalue weighted by atomic mass is 19.4. The maximum Gasteiger partial charge on any atom is 0.416 e. The summed E-state index contributed by atoms with van der Waals surface area (Å²) in [5.41, 5.74) is 2.46. The van der Waals surface area contributed by atoms with Gasteiger partial charge < -0.3 is 15.4 Å². The van der Waals surface area contributed by atoms with Gasteiger partial charge in [0, 0.05) is 28.7 Å². The van der Waals surface area contributed by atoms with E-state index in [0.29, 0.717) is 28.8 Å². The monoisotopic (exact) mass is 478 g/mol. The second-order valence-electron chi connectivity index (χ2n) is 7.68. The van der Waals surface area contributed by atoms with E-state index in [-0.39, 0.29) is 5.56 Å². The van der Waals surface area contributed by atoms with E-state index in [0.717, 1.165) is 23.3 Å². The topological polar surface area (TPSA) is 76.1 Å². The van der Waals surface area contributed by atoms with Crippen molar-refractivity contribution in [2.24, 2.45) is 0 Å². The van der Waals surface area contributed by atoms with Crippen LogP contribution in [0.25, 0.3) is 11.3 Å². The van der Waals surface area contributed by atoms with Gasteiger partial charge in [-0.15, -0.1) is 0 Å². The minimum absolute atomic E-state index is 0.0933. The lowest BCUT2D eigenvalue weighted by Gasteiger charge is -2.13. The number of carbonyl (C=O) groups is 1. The van der Waals surface area contributed by atoms with Gasteiger partial charge >= 0.3 is 6.18 Å². The number of nitrogens with zero attached hydrogens (tertiary/aromatic N) is 2. The van der Waals surface area contributed by atoms with E-state index < -0.39 is 17.6 Å². The summed E-state index contributed by atoms with van der Waals surface area (Å²) in [6.45, 7) is 1.87. The summed E-state index contributed by atoms with van der Waals surface area (Å²) in [6.07, 6.45) is -2.91. The Morgan fingerprint density at radius 2 is 1.77 bits per heavy atom. The number of aryl methyl sites for hydroxylation is 1. The van der Waals surface area contributed by atoms with Crippen LogP contribution >= 0.6 is 0 Å². The van der Waals surface area contributed by atoms with Gasteiger partial charge in [0.2, 0.25) is 5.95 Å². The van der Waals surface area contributed by atoms with Crippen LogP contribution in [-0.4, -0.2) is 23.0 Å². The standard InChI is InChI=1S/C26H21F3N4O2/c1-16-9-10-20(31-24(34)18-6-3-7-19(13-18)26(27,28)29)15-23(16)33-25-30-12-11-22(32-25)17-5-4-8-21(14-17)35-2/h3-15H,1-2H3,(H,31,34)(H,30,32,33). The smallest absolute Gasteiger partial charge is 0.416 e. The Balaban J connectivity index is 1.54. The van der Waals surface area contributed by atoms with Crippen molar-refractivity contribution in [1.29, 1.82) is 0 Å². The molecule has 1 aromatic heterocycles. The summed E-state index contributed by atoms with van der Waals surface area (Å²) in [7, 11) is 1.59. The number of hydrogen-bond donors (Lipinski definition) is 2. The minimum Gasteiger partial charge on any atom is -0.497 e. The summed E-state index contributed by atoms with van der Waals surface area (Å²) in [4.78, 5) is 21.4. The lowest BCUT2D eigenvalue weighted by atomic mass is 10.1. The molecule has 6 nitrogen and oxygen atoms in total. The van der Waals surface area contributed by atoms with E-state index in [4.69, 9.17) is 4.74 Å². The third kappa shape index (κ3) is 5.75. The highest BCUT2D eigenvalue weighted by Gasteiger charge is 2.30. The van der Waals surface area contributed by atoms with Crippen LogP contribution in [0.3, 0.4) is 0 Å². The van der Waals surface area contributed by atoms with Crippen LogP contribution in [0.15, 0.2) is 79.0 Å². The van der Waals surface area contributed by atoms with Crippen LogP contribution in [-0.2, 0) is 6.18 Å². The molecule has 0 saturated heterocycles. The van der Waals surface area contributed by atoms with Crippen LogP contribution in [0.2, 0.25) is 0 Å². The molecule has 0 atom stereocenters. The van der Waals surface area contributed by atoms with E-state index in [9.17, 15) is 18.0 Å². The first kappa shape index (κ1) is 23.7. The molecule has 4 rings (SSSR count). The number of nitrogens with one attached hydrogen (secondary N) is 2. The number of alkyl halides is 3. The van der Waals surface area contributed by atoms with Gasteiger partial charge in [-0.25, -0.2) is 9.97 Å². The molecule has 178 valence electrons. The van der Waals surface area contributed by atoms with Crippen molar-refractivity contribution in [2.75, 3.05) is 17.7 Å². The number of ether oxygens (including phenoxy) is 1. The fraction of sp³-hybridized carbons (Fsp3) is 0.115. The summed E-state index contributed by atoms with van der Waals surface area (Å²) in [5, 5.41) is 5.78. The van der Waals surface area contributed by atoms with Crippen molar-refractivity contribution in [2.45, 2.75) is 13.1 Å². The predicted octanol–water partition coefficient (Wildman–Crippen LogP) is 6.48. The van der Waals surface area contributed by atoms with Crippen molar-refractivity contribution in [1.82, 2.24) is 9.97 Å². The number of halogens is 3. The predicted molar refractivity (Wildman–Crippen MR) is 128 cm³/mol. The summed E-state index contributed by atoms with van der Waals surface area (Å²) < 4.78 is 44.2. The fourth-order valence-electron chi connectivity index (χ4n) is 3.36. The summed E-state index contributed by atoms with van der Waals surface area (Å²) in [6, 6.07) is 18.6. The number of amides is 1. The Labute approximate surface area is 199 Å². The SMILES string of the molecule is COc1cccc(-c2ccnc(Nc3cc(NC(=O)c4cccc(C(F)(F)F)c4)ccc3C)n2)c1. The minimum atomic E-state index is -4.53. The van der Waals surface area contributed by atoms with Gasteiger partial charge in [-0.2, -0.15) is 13.2 Å². The first-order chi connectivity index (χ1) is 16.7. The molecule has 1 amide bonds. The number of benzene rings is 3. The molecule has 0 unspecified atom stereocenters. The molecular formula is C26H21F3N4O2. The zero-order valence-electron chi connectivity index (χ0n) is 18.9. The van der Waals surface area contributed by atoms with E-state index >= 15 is 0 Å². The molecule has 0 aliphatic carbocycles. The van der Waals surface area contributed by atoms with Crippen LogP contribution in [0.5, 0.6) is 5.75 Å². The molecule has 0 bridgehead atoms. The Bertz CT molecular complexity index is 1370. The average Bonchev–Trinajstić information content (AvgIpc) is 2.86. The normalized spacial score (nSPS) is 11.1. The Hall–Kier alpha value is -4.40. The molecule has 0 fully saturated rings. The Morgan fingerprint density at radius 3 is 2.54 bits per heavy atom. The number of methoxy groups -OCH3 is 1. The largest absolute Gasteiger partial charge is 0.497 e. The quantitative estimate of drug-likeness (QED) is 0.332. The first-order valence-electron chi connectivity index (χ1n) is 10.6. The van der Waals surface area contributed by atoms with Crippen molar-refractivity contribution in [3.8, 4) is 17.0 Å². The Morgan fingerprint density at radius 1 is 0.971 bits per heavy atom. The molecule has 1 heterocycles. The lowest BCUT2D eigenvalue weighted by molar-refractivity contribution is -0.137. The third-order valence-electron chi connectivity index (χ3n) is 5.22. The average molecular weight is 478 g/mol. The van der Waals surface area contributed by atoms with Crippen LogP contribution in [0.1, 0.15) is 21.5 Å². The maximum atomic E-state index is 13.0. The molecule has 0 spiro atoms. The van der Waals surface area contributed by atoms with E-state index in [2.05, 4.69) is 20.6 Å². The fourth-order valence-corrected chi connectivity index (χ4v) is 3.36. The maximum absolute atomic E-state index is 13.0. The number of hydrogen-bond acceptors (Lipinski definition) is 5. The van der Waals surface area contributed by atoms with Crippen molar-refractivity contribution in [3.63, 3.8) is 0 Å². The number of carbonyl (C=O) groups excluding carboxylic acids is 1. The summed E-state index contributed by atoms with van der Waals surface area (Å²) in [5.74, 6) is 0.396. The van der Waals surface area contributed by atoms with Gasteiger partial charge in [-0.05, 0) is 61.0 Å². The number of aromatic nitrogens is 2. The van der Waals surface area contributed by atoms with Gasteiger partial charge in [0.1, 0.15) is 5.75 Å². The van der Waals surface area contributed by atoms with E-state index in [1.165, 1.54) is 12.1 Å². The molecule has 0 saturated carbocycles. The van der Waals surface area contributed by atoms with Crippen molar-refractivity contribution in [3.05, 3.63) is 95.7 Å². The molecule has 35 heavy (non-hydrogen) atoms. The molecule has 0 aliphatic rings. The molecule has 2 N–H and O–H groups in total. The molecule has 3 aromatic carbocycles. The molecule has 0 radical (unpaired) electrons. The van der Waals surface area contributed by atoms with Crippen molar-refractivity contribution < 1.29 is 22.7 Å². The van der Waals surface area contributed by atoms with Gasteiger partial charge in [-0.3, -0.25) is 4.79 Å². The van der Waals surface area contributed by atoms with Gasteiger partial charge in [0.15, 0.2) is 0 Å². The first-order valence-corrected chi connectivity index (χ1v) is 10.6. The Kier molecular flexibility index (Phi) is 6.68. The van der Waals surface area contributed by atoms with Crippen molar-refractivity contribution >= 4 is 23.2 Å².